The molecule has 1 aliphatic carbocycles. The summed E-state index contributed by atoms with van der Waals surface area (Å²) in [6, 6.07) is 6.70. The van der Waals surface area contributed by atoms with E-state index in [4.69, 9.17) is 29.6 Å². The standard InChI is InChI=1S/C15H21ClN2S/c1-10(2)7-8-18(11-3-4-11)12-5-6-13(15(17)19)14(16)9-12/h5-6,9-11H,3-4,7-8H2,1-2H3,(H2,17,19). The number of thiocarbonyl (C=S) groups is 1. The third-order valence-corrected chi connectivity index (χ3v) is 4.02. The van der Waals surface area contributed by atoms with Crippen LogP contribution in [-0.4, -0.2) is 17.6 Å². The fourth-order valence-corrected chi connectivity index (χ4v) is 2.70. The highest BCUT2D eigenvalue weighted by molar-refractivity contribution is 7.80. The Balaban J connectivity index is 2.17. The first-order chi connectivity index (χ1) is 8.99. The summed E-state index contributed by atoms with van der Waals surface area (Å²) in [5.74, 6) is 0.715. The largest absolute Gasteiger partial charge is 0.389 e. The summed E-state index contributed by atoms with van der Waals surface area (Å²) in [7, 11) is 0. The molecule has 0 aliphatic heterocycles. The summed E-state index contributed by atoms with van der Waals surface area (Å²) in [4.78, 5) is 2.83. The van der Waals surface area contributed by atoms with E-state index in [9.17, 15) is 0 Å². The first-order valence-corrected chi connectivity index (χ1v) is 7.63. The zero-order valence-corrected chi connectivity index (χ0v) is 13.1. The second-order valence-electron chi connectivity index (χ2n) is 5.64. The number of anilines is 1. The Morgan fingerprint density at radius 3 is 2.63 bits per heavy atom. The highest BCUT2D eigenvalue weighted by atomic mass is 35.5. The first kappa shape index (κ1) is 14.6. The molecule has 2 rings (SSSR count). The second kappa shape index (κ2) is 6.10. The van der Waals surface area contributed by atoms with E-state index < -0.39 is 0 Å². The molecule has 0 radical (unpaired) electrons. The molecule has 4 heteroatoms. The molecule has 0 saturated heterocycles. The molecule has 0 unspecified atom stereocenters. The number of hydrogen-bond acceptors (Lipinski definition) is 2. The second-order valence-corrected chi connectivity index (χ2v) is 6.48. The summed E-state index contributed by atoms with van der Waals surface area (Å²) >= 11 is 11.2. The Hall–Kier alpha value is -0.800. The summed E-state index contributed by atoms with van der Waals surface area (Å²) < 4.78 is 0. The molecule has 1 aromatic rings. The van der Waals surface area contributed by atoms with Gasteiger partial charge in [-0.1, -0.05) is 37.7 Å². The number of nitrogens with zero attached hydrogens (tertiary/aromatic N) is 1. The molecular weight excluding hydrogens is 276 g/mol. The van der Waals surface area contributed by atoms with Gasteiger partial charge in [0.05, 0.1) is 5.02 Å². The van der Waals surface area contributed by atoms with Crippen molar-refractivity contribution in [1.82, 2.24) is 0 Å². The van der Waals surface area contributed by atoms with Gasteiger partial charge in [-0.05, 0) is 43.4 Å². The minimum Gasteiger partial charge on any atom is -0.389 e. The van der Waals surface area contributed by atoms with E-state index in [0.717, 1.165) is 12.1 Å². The van der Waals surface area contributed by atoms with Gasteiger partial charge in [0.1, 0.15) is 4.99 Å². The molecule has 104 valence electrons. The van der Waals surface area contributed by atoms with Crippen molar-refractivity contribution >= 4 is 34.5 Å². The fraction of sp³-hybridized carbons (Fsp3) is 0.533. The molecule has 0 spiro atoms. The predicted octanol–water partition coefficient (Wildman–Crippen LogP) is 3.99. The SMILES string of the molecule is CC(C)CCN(c1ccc(C(N)=S)c(Cl)c1)C1CC1. The van der Waals surface area contributed by atoms with Crippen LogP contribution in [0, 0.1) is 5.92 Å². The molecule has 0 heterocycles. The average Bonchev–Trinajstić information content (AvgIpc) is 3.13. The smallest absolute Gasteiger partial charge is 0.105 e. The van der Waals surface area contributed by atoms with E-state index in [1.807, 2.05) is 12.1 Å². The molecule has 0 amide bonds. The van der Waals surface area contributed by atoms with Crippen molar-refractivity contribution in [3.63, 3.8) is 0 Å². The molecule has 2 nitrogen and oxygen atoms in total. The van der Waals surface area contributed by atoms with Crippen LogP contribution in [0.15, 0.2) is 18.2 Å². The van der Waals surface area contributed by atoms with Crippen LogP contribution in [0.3, 0.4) is 0 Å². The normalized spacial score (nSPS) is 14.7. The first-order valence-electron chi connectivity index (χ1n) is 6.85. The van der Waals surface area contributed by atoms with Gasteiger partial charge in [-0.2, -0.15) is 0 Å². The maximum Gasteiger partial charge on any atom is 0.105 e. The van der Waals surface area contributed by atoms with Gasteiger partial charge in [-0.3, -0.25) is 0 Å². The quantitative estimate of drug-likeness (QED) is 0.805. The predicted molar refractivity (Wildman–Crippen MR) is 87.2 cm³/mol. The van der Waals surface area contributed by atoms with Crippen molar-refractivity contribution in [2.24, 2.45) is 11.7 Å². The Morgan fingerprint density at radius 2 is 2.16 bits per heavy atom. The van der Waals surface area contributed by atoms with E-state index in [1.54, 1.807) is 0 Å². The summed E-state index contributed by atoms with van der Waals surface area (Å²) in [6.07, 6.45) is 3.77. The third-order valence-electron chi connectivity index (χ3n) is 3.48. The topological polar surface area (TPSA) is 29.3 Å². The molecule has 1 aromatic carbocycles. The van der Waals surface area contributed by atoms with E-state index >= 15 is 0 Å². The average molecular weight is 297 g/mol. The minimum atomic E-state index is 0.358. The molecule has 0 atom stereocenters. The molecule has 1 fully saturated rings. The van der Waals surface area contributed by atoms with Crippen molar-refractivity contribution in [3.05, 3.63) is 28.8 Å². The fourth-order valence-electron chi connectivity index (χ4n) is 2.19. The van der Waals surface area contributed by atoms with Gasteiger partial charge in [0.15, 0.2) is 0 Å². The Morgan fingerprint density at radius 1 is 1.47 bits per heavy atom. The lowest BCUT2D eigenvalue weighted by atomic mass is 10.1. The maximum absolute atomic E-state index is 6.26. The van der Waals surface area contributed by atoms with Gasteiger partial charge in [0.2, 0.25) is 0 Å². The Labute approximate surface area is 125 Å². The molecule has 19 heavy (non-hydrogen) atoms. The minimum absolute atomic E-state index is 0.358. The van der Waals surface area contributed by atoms with E-state index in [1.165, 1.54) is 24.9 Å². The number of benzene rings is 1. The zero-order valence-electron chi connectivity index (χ0n) is 11.5. The Bertz CT molecular complexity index is 469. The summed E-state index contributed by atoms with van der Waals surface area (Å²) in [5, 5.41) is 0.653. The highest BCUT2D eigenvalue weighted by Crippen LogP contribution is 2.34. The van der Waals surface area contributed by atoms with Crippen LogP contribution in [0.5, 0.6) is 0 Å². The van der Waals surface area contributed by atoms with Crippen LogP contribution in [0.2, 0.25) is 5.02 Å². The molecule has 1 saturated carbocycles. The van der Waals surface area contributed by atoms with Crippen LogP contribution in [0.4, 0.5) is 5.69 Å². The van der Waals surface area contributed by atoms with Crippen molar-refractivity contribution in [3.8, 4) is 0 Å². The zero-order chi connectivity index (χ0) is 14.0. The molecular formula is C15H21ClN2S. The lowest BCUT2D eigenvalue weighted by Crippen LogP contribution is -2.27. The molecule has 1 aliphatic rings. The molecule has 0 bridgehead atoms. The maximum atomic E-state index is 6.26. The third kappa shape index (κ3) is 3.83. The number of hydrogen-bond donors (Lipinski definition) is 1. The Kier molecular flexibility index (Phi) is 4.69. The van der Waals surface area contributed by atoms with Gasteiger partial charge in [-0.15, -0.1) is 0 Å². The lowest BCUT2D eigenvalue weighted by Gasteiger charge is -2.26. The van der Waals surface area contributed by atoms with Crippen molar-refractivity contribution in [2.45, 2.75) is 39.2 Å². The van der Waals surface area contributed by atoms with Crippen molar-refractivity contribution < 1.29 is 0 Å². The van der Waals surface area contributed by atoms with Crippen molar-refractivity contribution in [1.29, 1.82) is 0 Å². The number of rotatable bonds is 6. The summed E-state index contributed by atoms with van der Waals surface area (Å²) in [6.45, 7) is 5.60. The number of nitrogens with two attached hydrogens (primary N) is 1. The van der Waals surface area contributed by atoms with Crippen LogP contribution < -0.4 is 10.6 Å². The van der Waals surface area contributed by atoms with Gasteiger partial charge in [0.25, 0.3) is 0 Å². The van der Waals surface area contributed by atoms with Gasteiger partial charge in [0, 0.05) is 23.8 Å². The van der Waals surface area contributed by atoms with E-state index in [-0.39, 0.29) is 0 Å². The van der Waals surface area contributed by atoms with E-state index in [0.29, 0.717) is 22.0 Å². The lowest BCUT2D eigenvalue weighted by molar-refractivity contribution is 0.571. The summed E-state index contributed by atoms with van der Waals surface area (Å²) in [5.41, 5.74) is 7.60. The van der Waals surface area contributed by atoms with Crippen molar-refractivity contribution in [2.75, 3.05) is 11.4 Å². The van der Waals surface area contributed by atoms with Crippen LogP contribution >= 0.6 is 23.8 Å². The van der Waals surface area contributed by atoms with E-state index in [2.05, 4.69) is 24.8 Å². The monoisotopic (exact) mass is 296 g/mol. The van der Waals surface area contributed by atoms with Crippen LogP contribution in [0.25, 0.3) is 0 Å². The van der Waals surface area contributed by atoms with Gasteiger partial charge < -0.3 is 10.6 Å². The van der Waals surface area contributed by atoms with Crippen LogP contribution in [-0.2, 0) is 0 Å². The highest BCUT2D eigenvalue weighted by Gasteiger charge is 2.29. The van der Waals surface area contributed by atoms with Crippen LogP contribution in [0.1, 0.15) is 38.7 Å². The molecule has 2 N–H and O–H groups in total. The van der Waals surface area contributed by atoms with Gasteiger partial charge in [-0.25, -0.2) is 0 Å². The number of halogens is 1. The molecule has 0 aromatic heterocycles. The van der Waals surface area contributed by atoms with Gasteiger partial charge >= 0.3 is 0 Å².